The number of amides is 2. The second-order valence-electron chi connectivity index (χ2n) is 2.44. The van der Waals surface area contributed by atoms with Crippen molar-refractivity contribution in [1.29, 1.82) is 0 Å². The first kappa shape index (κ1) is 9.74. The van der Waals surface area contributed by atoms with E-state index in [0.717, 1.165) is 0 Å². The summed E-state index contributed by atoms with van der Waals surface area (Å²) in [7, 11) is 0. The Morgan fingerprint density at radius 2 is 2.00 bits per heavy atom. The molecule has 0 aliphatic carbocycles. The molecule has 0 bridgehead atoms. The molecule has 1 heterocycles. The molecule has 0 spiro atoms. The highest BCUT2D eigenvalue weighted by Crippen LogP contribution is 1.99. The lowest BCUT2D eigenvalue weighted by Gasteiger charge is -1.93. The summed E-state index contributed by atoms with van der Waals surface area (Å²) in [6.45, 7) is 0. The van der Waals surface area contributed by atoms with E-state index in [1.54, 1.807) is 0 Å². The molecule has 4 N–H and O–H groups in total. The van der Waals surface area contributed by atoms with E-state index in [1.807, 2.05) is 0 Å². The Kier molecular flexibility index (Phi) is 2.82. The molecule has 0 aliphatic heterocycles. The third kappa shape index (κ3) is 2.60. The van der Waals surface area contributed by atoms with Gasteiger partial charge in [-0.3, -0.25) is 14.6 Å². The van der Waals surface area contributed by atoms with Crippen LogP contribution in [0.3, 0.4) is 0 Å². The number of nitrogens with two attached hydrogens (primary N) is 2. The van der Waals surface area contributed by atoms with Crippen LogP contribution in [0.4, 0.5) is 0 Å². The van der Waals surface area contributed by atoms with E-state index in [-0.39, 0.29) is 5.56 Å². The van der Waals surface area contributed by atoms with E-state index in [4.69, 9.17) is 11.5 Å². The van der Waals surface area contributed by atoms with Gasteiger partial charge in [0.2, 0.25) is 5.91 Å². The van der Waals surface area contributed by atoms with Gasteiger partial charge in [0.25, 0.3) is 5.91 Å². The zero-order valence-electron chi connectivity index (χ0n) is 7.15. The van der Waals surface area contributed by atoms with Gasteiger partial charge in [-0.15, -0.1) is 0 Å². The van der Waals surface area contributed by atoms with Gasteiger partial charge in [0.15, 0.2) is 0 Å². The van der Waals surface area contributed by atoms with E-state index in [2.05, 4.69) is 16.8 Å². The molecule has 0 saturated carbocycles. The standard InChI is InChI=1S/C9H7N3O2/c10-8(13)2-1-6-3-7(9(11)14)5-12-4-6/h3-5H,(H2,10,13)(H2,11,14). The number of hydrogen-bond acceptors (Lipinski definition) is 3. The maximum atomic E-state index is 10.7. The van der Waals surface area contributed by atoms with Gasteiger partial charge in [0.1, 0.15) is 0 Å². The number of rotatable bonds is 1. The second-order valence-corrected chi connectivity index (χ2v) is 2.44. The van der Waals surface area contributed by atoms with Crippen LogP contribution in [0.2, 0.25) is 0 Å². The Hall–Kier alpha value is -2.35. The smallest absolute Gasteiger partial charge is 0.293 e. The number of pyridine rings is 1. The van der Waals surface area contributed by atoms with E-state index in [1.165, 1.54) is 18.5 Å². The van der Waals surface area contributed by atoms with Gasteiger partial charge in [-0.2, -0.15) is 0 Å². The molecular formula is C9H7N3O2. The molecule has 5 nitrogen and oxygen atoms in total. The Bertz CT molecular complexity index is 443. The quantitative estimate of drug-likeness (QED) is 0.555. The average molecular weight is 189 g/mol. The third-order valence-corrected chi connectivity index (χ3v) is 1.35. The molecule has 0 radical (unpaired) electrons. The Morgan fingerprint density at radius 1 is 1.29 bits per heavy atom. The van der Waals surface area contributed by atoms with Crippen LogP contribution < -0.4 is 11.5 Å². The maximum absolute atomic E-state index is 10.7. The first-order valence-corrected chi connectivity index (χ1v) is 3.66. The van der Waals surface area contributed by atoms with E-state index >= 15 is 0 Å². The van der Waals surface area contributed by atoms with Crippen molar-refractivity contribution in [3.63, 3.8) is 0 Å². The van der Waals surface area contributed by atoms with Crippen molar-refractivity contribution < 1.29 is 9.59 Å². The SMILES string of the molecule is NC(=O)C#Cc1cncc(C(N)=O)c1. The third-order valence-electron chi connectivity index (χ3n) is 1.35. The summed E-state index contributed by atoms with van der Waals surface area (Å²) in [6.07, 6.45) is 2.72. The van der Waals surface area contributed by atoms with Gasteiger partial charge in [-0.25, -0.2) is 0 Å². The lowest BCUT2D eigenvalue weighted by molar-refractivity contribution is -0.112. The van der Waals surface area contributed by atoms with Crippen LogP contribution in [0.1, 0.15) is 15.9 Å². The van der Waals surface area contributed by atoms with Crippen LogP contribution in [0.5, 0.6) is 0 Å². The van der Waals surface area contributed by atoms with Crippen LogP contribution >= 0.6 is 0 Å². The van der Waals surface area contributed by atoms with Crippen molar-refractivity contribution in [2.24, 2.45) is 11.5 Å². The normalized spacial score (nSPS) is 8.57. The first-order chi connectivity index (χ1) is 6.59. The summed E-state index contributed by atoms with van der Waals surface area (Å²) in [6, 6.07) is 1.44. The van der Waals surface area contributed by atoms with Crippen molar-refractivity contribution in [2.75, 3.05) is 0 Å². The van der Waals surface area contributed by atoms with Crippen LogP contribution in [0.15, 0.2) is 18.5 Å². The predicted octanol–water partition coefficient (Wildman–Crippen LogP) is -0.983. The molecule has 14 heavy (non-hydrogen) atoms. The van der Waals surface area contributed by atoms with Gasteiger partial charge in [-0.1, -0.05) is 5.92 Å². The van der Waals surface area contributed by atoms with Crippen molar-refractivity contribution in [3.05, 3.63) is 29.6 Å². The van der Waals surface area contributed by atoms with Gasteiger partial charge < -0.3 is 11.5 Å². The lowest BCUT2D eigenvalue weighted by atomic mass is 10.2. The predicted molar refractivity (Wildman–Crippen MR) is 48.8 cm³/mol. The van der Waals surface area contributed by atoms with Crippen LogP contribution in [-0.2, 0) is 4.79 Å². The largest absolute Gasteiger partial charge is 0.366 e. The van der Waals surface area contributed by atoms with Crippen LogP contribution in [0, 0.1) is 11.8 Å². The zero-order valence-corrected chi connectivity index (χ0v) is 7.15. The summed E-state index contributed by atoms with van der Waals surface area (Å²) < 4.78 is 0. The molecule has 70 valence electrons. The highest BCUT2D eigenvalue weighted by atomic mass is 16.1. The molecule has 1 aromatic rings. The summed E-state index contributed by atoms with van der Waals surface area (Å²) in [5, 5.41) is 0. The number of nitrogens with zero attached hydrogens (tertiary/aromatic N) is 1. The summed E-state index contributed by atoms with van der Waals surface area (Å²) in [4.78, 5) is 24.8. The van der Waals surface area contributed by atoms with Crippen LogP contribution in [-0.4, -0.2) is 16.8 Å². The molecule has 0 fully saturated rings. The van der Waals surface area contributed by atoms with Gasteiger partial charge >= 0.3 is 0 Å². The fraction of sp³-hybridized carbons (Fsp3) is 0. The lowest BCUT2D eigenvalue weighted by Crippen LogP contribution is -2.11. The fourth-order valence-corrected chi connectivity index (χ4v) is 0.777. The van der Waals surface area contributed by atoms with Crippen molar-refractivity contribution in [3.8, 4) is 11.8 Å². The molecule has 1 aromatic heterocycles. The highest BCUT2D eigenvalue weighted by Gasteiger charge is 2.00. The van der Waals surface area contributed by atoms with Crippen molar-refractivity contribution in [1.82, 2.24) is 4.98 Å². The molecule has 0 aromatic carbocycles. The highest BCUT2D eigenvalue weighted by molar-refractivity contribution is 5.94. The van der Waals surface area contributed by atoms with E-state index in [0.29, 0.717) is 5.56 Å². The molecule has 5 heteroatoms. The molecule has 0 unspecified atom stereocenters. The van der Waals surface area contributed by atoms with Crippen LogP contribution in [0.25, 0.3) is 0 Å². The minimum Gasteiger partial charge on any atom is -0.366 e. The van der Waals surface area contributed by atoms with Gasteiger partial charge in [0.05, 0.1) is 5.56 Å². The molecule has 0 aliphatic rings. The molecule has 1 rings (SSSR count). The molecular weight excluding hydrogens is 182 g/mol. The molecule has 0 atom stereocenters. The number of primary amides is 2. The summed E-state index contributed by atoms with van der Waals surface area (Å²) in [5.74, 6) is 3.23. The number of aromatic nitrogens is 1. The monoisotopic (exact) mass is 189 g/mol. The fourth-order valence-electron chi connectivity index (χ4n) is 0.777. The second kappa shape index (κ2) is 4.05. The summed E-state index contributed by atoms with van der Waals surface area (Å²) >= 11 is 0. The van der Waals surface area contributed by atoms with Gasteiger partial charge in [0, 0.05) is 23.9 Å². The minimum absolute atomic E-state index is 0.237. The van der Waals surface area contributed by atoms with E-state index < -0.39 is 11.8 Å². The Balaban J connectivity index is 3.02. The average Bonchev–Trinajstić information content (AvgIpc) is 2.15. The van der Waals surface area contributed by atoms with Gasteiger partial charge in [-0.05, 0) is 6.07 Å². The van der Waals surface area contributed by atoms with Crippen molar-refractivity contribution in [2.45, 2.75) is 0 Å². The Labute approximate surface area is 80.1 Å². The minimum atomic E-state index is -0.741. The van der Waals surface area contributed by atoms with E-state index in [9.17, 15) is 9.59 Å². The molecule has 0 saturated heterocycles. The number of hydrogen-bond donors (Lipinski definition) is 2. The summed E-state index contributed by atoms with van der Waals surface area (Å²) in [5.41, 5.74) is 10.5. The first-order valence-electron chi connectivity index (χ1n) is 3.66. The topological polar surface area (TPSA) is 99.1 Å². The van der Waals surface area contributed by atoms with Crippen molar-refractivity contribution >= 4 is 11.8 Å². The zero-order chi connectivity index (χ0) is 10.6. The number of carbonyl (C=O) groups is 2. The molecule has 2 amide bonds. The maximum Gasteiger partial charge on any atom is 0.293 e. The Morgan fingerprint density at radius 3 is 2.57 bits per heavy atom. The number of carbonyl (C=O) groups excluding carboxylic acids is 2.